The number of fused-ring (bicyclic) bond motifs is 3. The van der Waals surface area contributed by atoms with Crippen LogP contribution >= 0.6 is 11.8 Å². The van der Waals surface area contributed by atoms with Crippen LogP contribution in [0, 0.1) is 5.92 Å². The first kappa shape index (κ1) is 22.8. The number of hydrogen-bond acceptors (Lipinski definition) is 2. The molecule has 1 atom stereocenters. The van der Waals surface area contributed by atoms with Gasteiger partial charge in [-0.25, -0.2) is 0 Å². The minimum atomic E-state index is 0.451. The summed E-state index contributed by atoms with van der Waals surface area (Å²) in [5, 5.41) is 5.19. The molecule has 7 rings (SSSR count). The lowest BCUT2D eigenvalue weighted by Crippen LogP contribution is -2.07. The van der Waals surface area contributed by atoms with Crippen molar-refractivity contribution in [2.75, 3.05) is 0 Å². The minimum Gasteiger partial charge on any atom is -0.264 e. The van der Waals surface area contributed by atoms with Gasteiger partial charge in [0.2, 0.25) is 0 Å². The Labute approximate surface area is 223 Å². The molecule has 1 heterocycles. The highest BCUT2D eigenvalue weighted by molar-refractivity contribution is 7.99. The molecule has 182 valence electrons. The van der Waals surface area contributed by atoms with Gasteiger partial charge < -0.3 is 0 Å². The molecular formula is C35H31NS. The van der Waals surface area contributed by atoms with Crippen molar-refractivity contribution in [3.8, 4) is 0 Å². The third-order valence-electron chi connectivity index (χ3n) is 8.36. The SMILES string of the molecule is C1=CC2=CC=C(c3c4ccccc4c(Sc4ccc(C5CCCCC5)cc4)c4ccncc34)CC2C=C1. The molecule has 0 spiro atoms. The summed E-state index contributed by atoms with van der Waals surface area (Å²) in [5.74, 6) is 1.19. The van der Waals surface area contributed by atoms with Crippen molar-refractivity contribution in [2.24, 2.45) is 5.92 Å². The molecule has 1 nitrogen and oxygen atoms in total. The van der Waals surface area contributed by atoms with E-state index < -0.39 is 0 Å². The molecule has 1 aromatic heterocycles. The number of allylic oxidation sites excluding steroid dienone is 8. The highest BCUT2D eigenvalue weighted by Gasteiger charge is 2.23. The van der Waals surface area contributed by atoms with Crippen LogP contribution in [0.15, 0.2) is 119 Å². The molecule has 0 bridgehead atoms. The maximum Gasteiger partial charge on any atom is 0.0353 e. The molecule has 0 amide bonds. The lowest BCUT2D eigenvalue weighted by atomic mass is 9.80. The minimum absolute atomic E-state index is 0.451. The van der Waals surface area contributed by atoms with Crippen LogP contribution < -0.4 is 0 Å². The summed E-state index contributed by atoms with van der Waals surface area (Å²) in [5.41, 5.74) is 5.66. The van der Waals surface area contributed by atoms with E-state index in [0.29, 0.717) is 5.92 Å². The van der Waals surface area contributed by atoms with Gasteiger partial charge in [0.25, 0.3) is 0 Å². The lowest BCUT2D eigenvalue weighted by molar-refractivity contribution is 0.443. The van der Waals surface area contributed by atoms with Crippen LogP contribution in [0.3, 0.4) is 0 Å². The van der Waals surface area contributed by atoms with Crippen molar-refractivity contribution in [3.05, 3.63) is 120 Å². The van der Waals surface area contributed by atoms with Crippen molar-refractivity contribution < 1.29 is 0 Å². The molecular weight excluding hydrogens is 466 g/mol. The second kappa shape index (κ2) is 9.84. The van der Waals surface area contributed by atoms with Crippen molar-refractivity contribution >= 4 is 38.9 Å². The fourth-order valence-corrected chi connectivity index (χ4v) is 7.53. The van der Waals surface area contributed by atoms with Gasteiger partial charge in [-0.1, -0.05) is 104 Å². The van der Waals surface area contributed by atoms with Crippen LogP contribution in [0.5, 0.6) is 0 Å². The Bertz CT molecular complexity index is 1540. The second-order valence-corrected chi connectivity index (χ2v) is 11.7. The number of hydrogen-bond donors (Lipinski definition) is 0. The fourth-order valence-electron chi connectivity index (χ4n) is 6.45. The van der Waals surface area contributed by atoms with Crippen LogP contribution in [0.2, 0.25) is 0 Å². The number of nitrogens with zero attached hydrogens (tertiary/aromatic N) is 1. The molecule has 3 aromatic carbocycles. The van der Waals surface area contributed by atoms with Crippen molar-refractivity contribution in [3.63, 3.8) is 0 Å². The fraction of sp³-hybridized carbons (Fsp3) is 0.229. The van der Waals surface area contributed by atoms with Gasteiger partial charge in [0.05, 0.1) is 0 Å². The molecule has 4 aromatic rings. The summed E-state index contributed by atoms with van der Waals surface area (Å²) in [6.07, 6.45) is 25.4. The quantitative estimate of drug-likeness (QED) is 0.260. The zero-order valence-corrected chi connectivity index (χ0v) is 21.9. The molecule has 37 heavy (non-hydrogen) atoms. The van der Waals surface area contributed by atoms with Crippen LogP contribution in [-0.2, 0) is 0 Å². The molecule has 1 fully saturated rings. The van der Waals surface area contributed by atoms with E-state index in [1.807, 2.05) is 18.0 Å². The largest absolute Gasteiger partial charge is 0.264 e. The summed E-state index contributed by atoms with van der Waals surface area (Å²) in [4.78, 5) is 7.22. The topological polar surface area (TPSA) is 12.9 Å². The molecule has 0 radical (unpaired) electrons. The molecule has 3 aliphatic carbocycles. The van der Waals surface area contributed by atoms with Gasteiger partial charge in [-0.2, -0.15) is 0 Å². The first-order valence-electron chi connectivity index (χ1n) is 13.7. The third-order valence-corrected chi connectivity index (χ3v) is 9.51. The van der Waals surface area contributed by atoms with E-state index in [-0.39, 0.29) is 0 Å². The van der Waals surface area contributed by atoms with E-state index in [9.17, 15) is 0 Å². The van der Waals surface area contributed by atoms with Gasteiger partial charge in [0.15, 0.2) is 0 Å². The first-order chi connectivity index (χ1) is 18.3. The summed E-state index contributed by atoms with van der Waals surface area (Å²) in [6, 6.07) is 20.6. The predicted molar refractivity (Wildman–Crippen MR) is 158 cm³/mol. The molecule has 3 aliphatic rings. The van der Waals surface area contributed by atoms with E-state index in [1.54, 1.807) is 0 Å². The normalized spacial score (nSPS) is 19.6. The van der Waals surface area contributed by atoms with E-state index in [1.165, 1.54) is 85.7 Å². The Kier molecular flexibility index (Phi) is 6.06. The Balaban J connectivity index is 1.33. The molecule has 1 saturated carbocycles. The Morgan fingerprint density at radius 3 is 2.43 bits per heavy atom. The van der Waals surface area contributed by atoms with E-state index >= 15 is 0 Å². The van der Waals surface area contributed by atoms with Gasteiger partial charge >= 0.3 is 0 Å². The van der Waals surface area contributed by atoms with Gasteiger partial charge in [-0.15, -0.1) is 0 Å². The smallest absolute Gasteiger partial charge is 0.0353 e. The van der Waals surface area contributed by atoms with Crippen molar-refractivity contribution in [1.29, 1.82) is 0 Å². The van der Waals surface area contributed by atoms with Crippen LogP contribution in [0.1, 0.15) is 55.6 Å². The zero-order chi connectivity index (χ0) is 24.6. The van der Waals surface area contributed by atoms with E-state index in [2.05, 4.69) is 102 Å². The number of rotatable bonds is 4. The number of pyridine rings is 1. The molecule has 0 saturated heterocycles. The van der Waals surface area contributed by atoms with Crippen LogP contribution in [0.4, 0.5) is 0 Å². The highest BCUT2D eigenvalue weighted by Crippen LogP contribution is 2.46. The highest BCUT2D eigenvalue weighted by atomic mass is 32.2. The monoisotopic (exact) mass is 497 g/mol. The predicted octanol–water partition coefficient (Wildman–Crippen LogP) is 10.0. The van der Waals surface area contributed by atoms with Gasteiger partial charge in [-0.05, 0) is 81.8 Å². The number of benzene rings is 3. The maximum absolute atomic E-state index is 4.59. The van der Waals surface area contributed by atoms with Gasteiger partial charge in [-0.3, -0.25) is 4.98 Å². The van der Waals surface area contributed by atoms with Crippen LogP contribution in [-0.4, -0.2) is 4.98 Å². The second-order valence-electron chi connectivity index (χ2n) is 10.6. The summed E-state index contributed by atoms with van der Waals surface area (Å²) in [6.45, 7) is 0. The molecule has 0 aliphatic heterocycles. The van der Waals surface area contributed by atoms with Crippen LogP contribution in [0.25, 0.3) is 27.1 Å². The molecule has 1 unspecified atom stereocenters. The Morgan fingerprint density at radius 1 is 0.757 bits per heavy atom. The Morgan fingerprint density at radius 2 is 1.57 bits per heavy atom. The summed E-state index contributed by atoms with van der Waals surface area (Å²) < 4.78 is 0. The summed E-state index contributed by atoms with van der Waals surface area (Å²) in [7, 11) is 0. The van der Waals surface area contributed by atoms with E-state index in [4.69, 9.17) is 0 Å². The third kappa shape index (κ3) is 4.28. The summed E-state index contributed by atoms with van der Waals surface area (Å²) >= 11 is 1.90. The zero-order valence-electron chi connectivity index (χ0n) is 21.1. The maximum atomic E-state index is 4.59. The van der Waals surface area contributed by atoms with Crippen molar-refractivity contribution in [1.82, 2.24) is 4.98 Å². The molecule has 0 N–H and O–H groups in total. The molecule has 2 heteroatoms. The average Bonchev–Trinajstić information content (AvgIpc) is 2.98. The standard InChI is InChI=1S/C35H31NS/c1-2-8-24(9-3-1)26-16-18-29(19-17-26)37-35-31-13-7-6-12-30(31)34(33-23-36-21-20-32(33)35)28-15-14-25-10-4-5-11-27(25)22-28/h4-7,10-21,23-24,27H,1-3,8-9,22H2. The number of aromatic nitrogens is 1. The Hall–Kier alpha value is -3.36. The average molecular weight is 498 g/mol. The van der Waals surface area contributed by atoms with Crippen molar-refractivity contribution in [2.45, 2.75) is 54.2 Å². The lowest BCUT2D eigenvalue weighted by Gasteiger charge is -2.25. The van der Waals surface area contributed by atoms with Gasteiger partial charge in [0, 0.05) is 33.5 Å². The van der Waals surface area contributed by atoms with Gasteiger partial charge in [0.1, 0.15) is 0 Å². The van der Waals surface area contributed by atoms with E-state index in [0.717, 1.165) is 12.3 Å². The first-order valence-corrected chi connectivity index (χ1v) is 14.5.